The predicted molar refractivity (Wildman–Crippen MR) is 131 cm³/mol. The summed E-state index contributed by atoms with van der Waals surface area (Å²) in [6.45, 7) is 8.28. The van der Waals surface area contributed by atoms with Crippen molar-refractivity contribution in [2.24, 2.45) is 0 Å². The van der Waals surface area contributed by atoms with Gasteiger partial charge in [0.1, 0.15) is 0 Å². The molecule has 0 amide bonds. The van der Waals surface area contributed by atoms with Crippen LogP contribution in [0.25, 0.3) is 0 Å². The van der Waals surface area contributed by atoms with Crippen molar-refractivity contribution >= 4 is 0 Å². The molecule has 0 spiro atoms. The molecule has 178 valence electrons. The zero-order valence-corrected chi connectivity index (χ0v) is 19.5. The Morgan fingerprint density at radius 3 is 1.55 bits per heavy atom. The Hall–Kier alpha value is -1.80. The van der Waals surface area contributed by atoms with Crippen LogP contribution in [0.15, 0.2) is 60.7 Å². The second-order valence-corrected chi connectivity index (χ2v) is 10.0. The Morgan fingerprint density at radius 1 is 0.667 bits per heavy atom. The first-order valence-electron chi connectivity index (χ1n) is 12.6. The summed E-state index contributed by atoms with van der Waals surface area (Å²) in [5.41, 5.74) is 2.72. The fourth-order valence-electron chi connectivity index (χ4n) is 5.55. The predicted octanol–water partition coefficient (Wildman–Crippen LogP) is 1.55. The maximum absolute atomic E-state index is 9.74. The summed E-state index contributed by atoms with van der Waals surface area (Å²) < 4.78 is 0. The summed E-state index contributed by atoms with van der Waals surface area (Å²) in [5, 5.41) is 22.2. The number of hydrogen-bond acceptors (Lipinski definition) is 6. The molecule has 2 aromatic rings. The average molecular weight is 451 g/mol. The van der Waals surface area contributed by atoms with Crippen molar-refractivity contribution in [1.82, 2.24) is 20.0 Å². The summed E-state index contributed by atoms with van der Waals surface area (Å²) in [5.74, 6) is 0. The molecule has 4 heterocycles. The zero-order chi connectivity index (χ0) is 22.6. The molecule has 6 nitrogen and oxygen atoms in total. The number of likely N-dealkylation sites (tertiary alicyclic amines) is 3. The maximum Gasteiger partial charge on any atom is 0.0679 e. The number of hydrogen-bond donors (Lipinski definition) is 3. The van der Waals surface area contributed by atoms with Gasteiger partial charge >= 0.3 is 0 Å². The third-order valence-corrected chi connectivity index (χ3v) is 7.67. The molecule has 0 bridgehead atoms. The van der Waals surface area contributed by atoms with Crippen molar-refractivity contribution in [2.75, 3.05) is 52.4 Å². The van der Waals surface area contributed by atoms with Crippen molar-refractivity contribution in [3.8, 4) is 0 Å². The van der Waals surface area contributed by atoms with E-state index in [2.05, 4.69) is 80.7 Å². The standard InChI is InChI=1S/C20H24N2O.C7H14N2O/c23-19-11-12-21(15-19)18-13-22(14-18)20(16-7-3-1-4-8-16)17-9-5-2-6-10-17;10-7-1-2-9(5-7)6-3-8-4-6/h1-10,18-20,23H,11-15H2;6-8,10H,1-5H2. The lowest BCUT2D eigenvalue weighted by atomic mass is 9.93. The number of β-amino-alcohol motifs (C(OH)–C–C–N with tert-alkyl or cyclic N) is 2. The molecule has 33 heavy (non-hydrogen) atoms. The van der Waals surface area contributed by atoms with Gasteiger partial charge < -0.3 is 15.5 Å². The lowest BCUT2D eigenvalue weighted by molar-refractivity contribution is 0.0200. The van der Waals surface area contributed by atoms with Crippen LogP contribution in [-0.2, 0) is 0 Å². The van der Waals surface area contributed by atoms with Gasteiger partial charge in [-0.25, -0.2) is 0 Å². The zero-order valence-electron chi connectivity index (χ0n) is 19.5. The Balaban J connectivity index is 0.000000190. The van der Waals surface area contributed by atoms with E-state index in [0.29, 0.717) is 12.1 Å². The highest BCUT2D eigenvalue weighted by Crippen LogP contribution is 2.34. The van der Waals surface area contributed by atoms with Gasteiger partial charge in [0.25, 0.3) is 0 Å². The molecule has 4 aliphatic heterocycles. The van der Waals surface area contributed by atoms with Crippen LogP contribution in [0.1, 0.15) is 30.0 Å². The number of rotatable bonds is 5. The molecule has 2 atom stereocenters. The number of benzene rings is 2. The van der Waals surface area contributed by atoms with Gasteiger partial charge in [0.05, 0.1) is 18.2 Å². The fraction of sp³-hybridized carbons (Fsp3) is 0.556. The summed E-state index contributed by atoms with van der Waals surface area (Å²) in [4.78, 5) is 7.38. The molecular formula is C27H38N4O2. The van der Waals surface area contributed by atoms with E-state index in [9.17, 15) is 10.2 Å². The van der Waals surface area contributed by atoms with Crippen LogP contribution in [0, 0.1) is 0 Å². The molecule has 6 rings (SSSR count). The van der Waals surface area contributed by atoms with Crippen LogP contribution in [0.5, 0.6) is 0 Å². The van der Waals surface area contributed by atoms with E-state index >= 15 is 0 Å². The molecule has 0 aliphatic carbocycles. The largest absolute Gasteiger partial charge is 0.392 e. The maximum atomic E-state index is 9.74. The first kappa shape index (κ1) is 23.0. The smallest absolute Gasteiger partial charge is 0.0679 e. The second-order valence-electron chi connectivity index (χ2n) is 10.0. The molecule has 4 fully saturated rings. The van der Waals surface area contributed by atoms with Crippen LogP contribution in [0.3, 0.4) is 0 Å². The van der Waals surface area contributed by atoms with Crippen molar-refractivity contribution < 1.29 is 10.2 Å². The lowest BCUT2D eigenvalue weighted by Crippen LogP contribution is -2.59. The topological polar surface area (TPSA) is 62.2 Å². The normalized spacial score (nSPS) is 27.2. The monoisotopic (exact) mass is 450 g/mol. The average Bonchev–Trinajstić information content (AvgIpc) is 3.39. The van der Waals surface area contributed by atoms with Gasteiger partial charge in [-0.15, -0.1) is 0 Å². The number of aliphatic hydroxyl groups excluding tert-OH is 2. The third-order valence-electron chi connectivity index (χ3n) is 7.67. The van der Waals surface area contributed by atoms with Gasteiger partial charge in [-0.05, 0) is 24.0 Å². The summed E-state index contributed by atoms with van der Waals surface area (Å²) in [7, 11) is 0. The van der Waals surface area contributed by atoms with Crippen molar-refractivity contribution in [2.45, 2.75) is 43.2 Å². The highest BCUT2D eigenvalue weighted by atomic mass is 16.3. The number of aliphatic hydroxyl groups is 2. The Kier molecular flexibility index (Phi) is 7.40. The van der Waals surface area contributed by atoms with E-state index in [0.717, 1.165) is 71.2 Å². The Bertz CT molecular complexity index is 817. The first-order valence-corrected chi connectivity index (χ1v) is 12.6. The number of nitrogens with zero attached hydrogens (tertiary/aromatic N) is 3. The molecule has 4 saturated heterocycles. The van der Waals surface area contributed by atoms with Crippen LogP contribution in [0.2, 0.25) is 0 Å². The molecule has 2 unspecified atom stereocenters. The molecule has 0 saturated carbocycles. The minimum atomic E-state index is -0.122. The summed E-state index contributed by atoms with van der Waals surface area (Å²) in [6, 6.07) is 23.2. The Morgan fingerprint density at radius 2 is 1.15 bits per heavy atom. The van der Waals surface area contributed by atoms with Crippen LogP contribution < -0.4 is 5.32 Å². The van der Waals surface area contributed by atoms with Crippen LogP contribution in [-0.4, -0.2) is 102 Å². The van der Waals surface area contributed by atoms with Gasteiger partial charge in [0.2, 0.25) is 0 Å². The minimum Gasteiger partial charge on any atom is -0.392 e. The first-order chi connectivity index (χ1) is 16.2. The summed E-state index contributed by atoms with van der Waals surface area (Å²) >= 11 is 0. The molecule has 6 heteroatoms. The van der Waals surface area contributed by atoms with Gasteiger partial charge in [-0.1, -0.05) is 60.7 Å². The molecule has 2 aromatic carbocycles. The van der Waals surface area contributed by atoms with Gasteiger partial charge in [-0.3, -0.25) is 14.7 Å². The highest BCUT2D eigenvalue weighted by Gasteiger charge is 2.39. The lowest BCUT2D eigenvalue weighted by Gasteiger charge is -2.48. The quantitative estimate of drug-likeness (QED) is 0.643. The van der Waals surface area contributed by atoms with Crippen molar-refractivity contribution in [3.63, 3.8) is 0 Å². The van der Waals surface area contributed by atoms with E-state index in [4.69, 9.17) is 0 Å². The Labute approximate surface area is 197 Å². The van der Waals surface area contributed by atoms with Gasteiger partial charge in [0.15, 0.2) is 0 Å². The van der Waals surface area contributed by atoms with Crippen LogP contribution in [0.4, 0.5) is 0 Å². The summed E-state index contributed by atoms with van der Waals surface area (Å²) in [6.07, 6.45) is 1.72. The second kappa shape index (κ2) is 10.6. The van der Waals surface area contributed by atoms with Crippen molar-refractivity contribution in [1.29, 1.82) is 0 Å². The third kappa shape index (κ3) is 5.48. The molecule has 3 N–H and O–H groups in total. The van der Waals surface area contributed by atoms with E-state index in [-0.39, 0.29) is 12.2 Å². The van der Waals surface area contributed by atoms with E-state index < -0.39 is 0 Å². The molecular weight excluding hydrogens is 412 g/mol. The number of nitrogens with one attached hydrogen (secondary N) is 1. The fourth-order valence-corrected chi connectivity index (χ4v) is 5.55. The SMILES string of the molecule is OC1CCN(C2CN(C(c3ccccc3)c3ccccc3)C2)C1.OC1CCN(C2CNC2)C1. The molecule has 4 aliphatic rings. The van der Waals surface area contributed by atoms with Crippen molar-refractivity contribution in [3.05, 3.63) is 71.8 Å². The van der Waals surface area contributed by atoms with E-state index in [1.165, 1.54) is 11.1 Å². The molecule has 0 radical (unpaired) electrons. The van der Waals surface area contributed by atoms with Gasteiger partial charge in [0, 0.05) is 64.4 Å². The molecule has 0 aromatic heterocycles. The van der Waals surface area contributed by atoms with Gasteiger partial charge in [-0.2, -0.15) is 0 Å². The highest BCUT2D eigenvalue weighted by molar-refractivity contribution is 5.32. The van der Waals surface area contributed by atoms with E-state index in [1.807, 2.05) is 0 Å². The van der Waals surface area contributed by atoms with E-state index in [1.54, 1.807) is 0 Å². The van der Waals surface area contributed by atoms with Crippen LogP contribution >= 0.6 is 0 Å². The minimum absolute atomic E-state index is 0.0550.